The van der Waals surface area contributed by atoms with Crippen LogP contribution in [0.4, 0.5) is 0 Å². The lowest BCUT2D eigenvalue weighted by Gasteiger charge is -2.45. The molecule has 0 aliphatic heterocycles. The summed E-state index contributed by atoms with van der Waals surface area (Å²) in [4.78, 5) is 11.0. The van der Waals surface area contributed by atoms with Gasteiger partial charge >= 0.3 is 205 Å². The third kappa shape index (κ3) is 50.8. The third-order valence-electron chi connectivity index (χ3n) is 14.1. The Morgan fingerprint density at radius 2 is 0.255 bits per heavy atom. The Morgan fingerprint density at radius 3 is 0.345 bits per heavy atom. The van der Waals surface area contributed by atoms with Gasteiger partial charge in [-0.15, -0.1) is 0 Å². The third-order valence-corrected chi connectivity index (χ3v) is 128. The Labute approximate surface area is 704 Å². The first kappa shape index (κ1) is 115. The lowest BCUT2D eigenvalue weighted by Crippen LogP contribution is -2.65. The van der Waals surface area contributed by atoms with Crippen LogP contribution in [0, 0.1) is 0 Å². The van der Waals surface area contributed by atoms with Gasteiger partial charge in [0, 0.05) is 0 Å². The van der Waals surface area contributed by atoms with E-state index >= 15 is 0 Å². The van der Waals surface area contributed by atoms with Crippen molar-refractivity contribution in [3.05, 3.63) is 0 Å². The van der Waals surface area contributed by atoms with E-state index in [2.05, 4.69) is 242 Å². The van der Waals surface area contributed by atoms with E-state index in [0.29, 0.717) is 0 Å². The Balaban J connectivity index is 5.93. The zero-order valence-corrected chi connectivity index (χ0v) is 108. The Hall–Kier alpha value is 4.99. The summed E-state index contributed by atoms with van der Waals surface area (Å²) in [5.74, 6) is 0. The van der Waals surface area contributed by atoms with Crippen LogP contribution in [0.2, 0.25) is 360 Å². The average molecular weight is 2050 g/mol. The second kappa shape index (κ2) is 39.1. The summed E-state index contributed by atoms with van der Waals surface area (Å²) < 4.78 is 179. The first-order valence-electron chi connectivity index (χ1n) is 38.7. The second-order valence-electron chi connectivity index (χ2n) is 40.8. The predicted molar refractivity (Wildman–Crippen MR) is 515 cm³/mol. The van der Waals surface area contributed by atoms with Crippen LogP contribution < -0.4 is 0 Å². The van der Waals surface area contributed by atoms with Gasteiger partial charge in [0.25, 0.3) is 9.28 Å². The van der Waals surface area contributed by atoms with Gasteiger partial charge in [-0.1, -0.05) is 0 Å². The molecular formula is C55H167O27Si28. The summed E-state index contributed by atoms with van der Waals surface area (Å²) in [7, 11) is -75.8. The molecule has 1 unspecified atom stereocenters. The summed E-state index contributed by atoms with van der Waals surface area (Å²) in [6, 6.07) is 0. The van der Waals surface area contributed by atoms with Crippen molar-refractivity contribution in [1.29, 1.82) is 0 Å². The zero-order chi connectivity index (χ0) is 88.5. The minimum absolute atomic E-state index is 0.865. The lowest BCUT2D eigenvalue weighted by atomic mass is 11.9. The quantitative estimate of drug-likeness (QED) is 0.0555. The molecule has 1 atom stereocenters. The maximum Gasteiger partial charge on any atom is 0.314 e. The van der Waals surface area contributed by atoms with E-state index in [1.54, 1.807) is 0 Å². The van der Waals surface area contributed by atoms with Gasteiger partial charge in [-0.3, -0.25) is 0 Å². The minimum atomic E-state index is -2.92. The summed E-state index contributed by atoms with van der Waals surface area (Å²) in [5.41, 5.74) is 0. The van der Waals surface area contributed by atoms with E-state index < -0.39 is 239 Å². The highest BCUT2D eigenvalue weighted by molar-refractivity contribution is 7.36. The molecule has 55 heteroatoms. The lowest BCUT2D eigenvalue weighted by molar-refractivity contribution is 0.245. The number of hydrogen-bond acceptors (Lipinski definition) is 27. The smallest absolute Gasteiger partial charge is 0.314 e. The highest BCUT2D eigenvalue weighted by Crippen LogP contribution is 2.37. The highest BCUT2D eigenvalue weighted by Gasteiger charge is 2.57. The monoisotopic (exact) mass is 2040 g/mol. The zero-order valence-electron chi connectivity index (χ0n) is 80.1. The van der Waals surface area contributed by atoms with Gasteiger partial charge < -0.3 is 112 Å². The van der Waals surface area contributed by atoms with E-state index in [1.807, 2.05) is 118 Å². The van der Waals surface area contributed by atoms with Crippen molar-refractivity contribution in [2.45, 2.75) is 360 Å². The van der Waals surface area contributed by atoms with Gasteiger partial charge in [-0.2, -0.15) is 0 Å². The molecule has 0 heterocycles. The van der Waals surface area contributed by atoms with E-state index in [1.165, 1.54) is 0 Å². The molecule has 1 radical (unpaired) electrons. The Kier molecular flexibility index (Phi) is 40.8. The van der Waals surface area contributed by atoms with Crippen molar-refractivity contribution in [3.63, 3.8) is 0 Å². The summed E-state index contributed by atoms with van der Waals surface area (Å²) in [5, 5.41) is 0. The summed E-state index contributed by atoms with van der Waals surface area (Å²) >= 11 is 0. The molecule has 0 aromatic carbocycles. The van der Waals surface area contributed by atoms with Crippen LogP contribution in [0.1, 0.15) is 0 Å². The fraction of sp³-hybridized carbons (Fsp3) is 1.00. The maximum absolute atomic E-state index is 11.0. The summed E-state index contributed by atoms with van der Waals surface area (Å²) in [6.45, 7) is 113. The van der Waals surface area contributed by atoms with Gasteiger partial charge in [-0.25, -0.2) is 0 Å². The molecule has 0 spiro atoms. The molecule has 0 aromatic heterocycles. The van der Waals surface area contributed by atoms with Crippen LogP contribution in [0.3, 0.4) is 0 Å². The van der Waals surface area contributed by atoms with Crippen molar-refractivity contribution in [1.82, 2.24) is 0 Å². The highest BCUT2D eigenvalue weighted by atomic mass is 29.3. The summed E-state index contributed by atoms with van der Waals surface area (Å²) in [6.07, 6.45) is 0. The predicted octanol–water partition coefficient (Wildman–Crippen LogP) is 18.8. The van der Waals surface area contributed by atoms with Gasteiger partial charge in [0.05, 0.1) is 0 Å². The van der Waals surface area contributed by atoms with Crippen molar-refractivity contribution < 1.29 is 112 Å². The SMILES string of the molecule is C[Si](C)O[SiH](C)O[Si](C)(C)O[Si](C)(C)O[Si](C)(C)O[Si](C)(C)O[Si](C)(C)O[Si](C)(C)O[Si](C)(C)O[Si](C)(C)O[Si](C)(C)O[Si](C)(C)O[Si](C)(C)O[Si](C)(C)O[Si](C)(C)O[Si](C)(C)O[Si](C)(C)O[Si](C)(C)O[Si](C)(C)O[Si](C)(C)O[Si](C)(C)O[Si](C)(C)O[Si](C)(C)O[Si](C)(C)O[Si](C)(C)O[Si](C)(C)O[Si](C)(C)[Si](C)(C)O. The van der Waals surface area contributed by atoms with Crippen molar-refractivity contribution in [2.75, 3.05) is 0 Å². The van der Waals surface area contributed by atoms with Gasteiger partial charge in [-0.05, 0) is 360 Å². The fourth-order valence-corrected chi connectivity index (χ4v) is 154. The Bertz CT molecular complexity index is 2890. The van der Waals surface area contributed by atoms with Gasteiger partial charge in [0.2, 0.25) is 0 Å². The van der Waals surface area contributed by atoms with Crippen LogP contribution in [0.25, 0.3) is 0 Å². The van der Waals surface area contributed by atoms with E-state index in [-0.39, 0.29) is 0 Å². The topological polar surface area (TPSA) is 260 Å². The van der Waals surface area contributed by atoms with Crippen molar-refractivity contribution >= 4 is 239 Å². The number of rotatable bonds is 53. The molecule has 0 aliphatic rings. The number of hydrogen-bond donors (Lipinski definition) is 1. The van der Waals surface area contributed by atoms with Gasteiger partial charge in [0.15, 0.2) is 24.7 Å². The van der Waals surface area contributed by atoms with E-state index in [4.69, 9.17) is 107 Å². The van der Waals surface area contributed by atoms with E-state index in [0.717, 1.165) is 0 Å². The second-order valence-corrected chi connectivity index (χ2v) is 146. The molecule has 0 aliphatic carbocycles. The van der Waals surface area contributed by atoms with Crippen LogP contribution in [0.5, 0.6) is 0 Å². The minimum Gasteiger partial charge on any atom is -0.439 e. The van der Waals surface area contributed by atoms with Crippen LogP contribution in [-0.2, 0) is 107 Å². The molecule has 0 amide bonds. The molecule has 0 rings (SSSR count). The molecule has 0 bridgehead atoms. The molecule has 27 nitrogen and oxygen atoms in total. The molecule has 0 saturated heterocycles. The van der Waals surface area contributed by atoms with Crippen LogP contribution >= 0.6 is 0 Å². The molecule has 0 aromatic rings. The first-order chi connectivity index (χ1) is 47.0. The van der Waals surface area contributed by atoms with Crippen molar-refractivity contribution in [3.8, 4) is 0 Å². The first-order valence-corrected chi connectivity index (χ1v) is 118. The normalized spacial score (nSPS) is 16.4. The van der Waals surface area contributed by atoms with Gasteiger partial charge in [0.1, 0.15) is 0 Å². The van der Waals surface area contributed by atoms with Crippen LogP contribution in [0.15, 0.2) is 0 Å². The standard InChI is InChI=1S/C55H167O27Si28/c1-83(2)57-84(3)58-86(6,7)59-87(8,9)60-88(10,11)61-89(12,13)62-90(14,15)63-91(16,17)64-92(18,19)65-93(20,21)66-94(22,23)67-95(24,25)68-96(26,27)69-97(28,29)70-98(30,31)71-99(32,33)72-100(34,35)73-101(36,37)74-102(38,39)75-103(40,41)76-104(42,43)77-105(44,45)78-106(46,47)79-107(48,49)80-108(50,51)81-109(52,53)82-110(54,55)85(4,5)56/h56,84H,1-55H3. The fourth-order valence-electron chi connectivity index (χ4n) is 15.6. The molecule has 110 heavy (non-hydrogen) atoms. The van der Waals surface area contributed by atoms with Crippen molar-refractivity contribution in [2.24, 2.45) is 0 Å². The molecular weight excluding hydrogens is 1880 g/mol. The average Bonchev–Trinajstić information content (AvgIpc) is 0.804. The largest absolute Gasteiger partial charge is 0.439 e. The molecule has 0 fully saturated rings. The molecule has 0 saturated carbocycles. The molecule has 1 N–H and O–H groups in total. The van der Waals surface area contributed by atoms with E-state index in [9.17, 15) is 4.80 Å². The Morgan fingerprint density at radius 1 is 0.164 bits per heavy atom. The maximum atomic E-state index is 11.0. The van der Waals surface area contributed by atoms with Crippen LogP contribution in [-0.4, -0.2) is 244 Å². The molecule has 661 valence electrons.